The summed E-state index contributed by atoms with van der Waals surface area (Å²) in [5.41, 5.74) is 3.22. The molecule has 0 spiro atoms. The molecule has 0 amide bonds. The molecular formula is C17H13Cl2NO2. The number of benzene rings is 2. The molecule has 0 aliphatic carbocycles. The molecule has 5 heteroatoms. The second-order valence-corrected chi connectivity index (χ2v) is 6.03. The van der Waals surface area contributed by atoms with Crippen molar-refractivity contribution in [3.8, 4) is 0 Å². The number of halogens is 2. The molecule has 2 aromatic rings. The number of hydrogen-bond donors (Lipinski definition) is 1. The van der Waals surface area contributed by atoms with Crippen molar-refractivity contribution in [1.82, 2.24) is 0 Å². The summed E-state index contributed by atoms with van der Waals surface area (Å²) in [4.78, 5) is 13.4. The first-order valence-electron chi connectivity index (χ1n) is 6.76. The highest BCUT2D eigenvalue weighted by atomic mass is 35.5. The highest BCUT2D eigenvalue weighted by Gasteiger charge is 2.22. The van der Waals surface area contributed by atoms with E-state index in [1.54, 1.807) is 12.1 Å². The Hall–Kier alpha value is -1.97. The van der Waals surface area contributed by atoms with Crippen molar-refractivity contribution in [3.05, 3.63) is 69.2 Å². The van der Waals surface area contributed by atoms with Crippen LogP contribution >= 0.6 is 23.2 Å². The van der Waals surface area contributed by atoms with Crippen molar-refractivity contribution in [1.29, 1.82) is 0 Å². The summed E-state index contributed by atoms with van der Waals surface area (Å²) in [6.07, 6.45) is 1.68. The lowest BCUT2D eigenvalue weighted by Gasteiger charge is -2.30. The lowest BCUT2D eigenvalue weighted by molar-refractivity contribution is -0.132. The third-order valence-corrected chi connectivity index (χ3v) is 4.07. The number of hydrogen-bond acceptors (Lipinski definition) is 2. The number of anilines is 1. The summed E-state index contributed by atoms with van der Waals surface area (Å²) in [7, 11) is 0. The molecule has 1 aliphatic rings. The van der Waals surface area contributed by atoms with Gasteiger partial charge in [0, 0.05) is 22.3 Å². The molecule has 3 rings (SSSR count). The van der Waals surface area contributed by atoms with Crippen LogP contribution in [-0.2, 0) is 11.3 Å². The zero-order chi connectivity index (χ0) is 15.7. The van der Waals surface area contributed by atoms with Crippen LogP contribution in [-0.4, -0.2) is 17.6 Å². The number of carboxylic acid groups (broad SMARTS) is 1. The van der Waals surface area contributed by atoms with Gasteiger partial charge in [-0.25, -0.2) is 4.79 Å². The van der Waals surface area contributed by atoms with Gasteiger partial charge < -0.3 is 10.0 Å². The Morgan fingerprint density at radius 3 is 2.45 bits per heavy atom. The zero-order valence-electron chi connectivity index (χ0n) is 11.6. The fourth-order valence-corrected chi connectivity index (χ4v) is 2.84. The van der Waals surface area contributed by atoms with E-state index >= 15 is 0 Å². The normalized spacial score (nSPS) is 13.5. The zero-order valence-corrected chi connectivity index (χ0v) is 13.1. The summed E-state index contributed by atoms with van der Waals surface area (Å²) in [5.74, 6) is -0.910. The first-order chi connectivity index (χ1) is 10.5. The molecule has 0 saturated carbocycles. The maximum atomic E-state index is 11.3. The average Bonchev–Trinajstić information content (AvgIpc) is 2.48. The minimum atomic E-state index is -0.910. The Kier molecular flexibility index (Phi) is 4.10. The Morgan fingerprint density at radius 2 is 1.77 bits per heavy atom. The summed E-state index contributed by atoms with van der Waals surface area (Å²) in [5, 5.41) is 10.6. The summed E-state index contributed by atoms with van der Waals surface area (Å²) in [6.45, 7) is 0.961. The van der Waals surface area contributed by atoms with E-state index in [2.05, 4.69) is 0 Å². The lowest BCUT2D eigenvalue weighted by Crippen LogP contribution is -2.30. The molecule has 0 atom stereocenters. The molecule has 0 fully saturated rings. The second kappa shape index (κ2) is 6.03. The van der Waals surface area contributed by atoms with Crippen LogP contribution in [0.5, 0.6) is 0 Å². The quantitative estimate of drug-likeness (QED) is 0.900. The third-order valence-electron chi connectivity index (χ3n) is 3.58. The molecule has 2 aromatic carbocycles. The van der Waals surface area contributed by atoms with Crippen molar-refractivity contribution in [2.45, 2.75) is 6.54 Å². The van der Waals surface area contributed by atoms with Crippen molar-refractivity contribution < 1.29 is 9.90 Å². The van der Waals surface area contributed by atoms with Gasteiger partial charge in [-0.2, -0.15) is 0 Å². The standard InChI is InChI=1S/C17H13Cl2NO2/c18-14-3-1-11(2-4-14)9-20-10-13(17(21)22)7-12-8-15(19)5-6-16(12)20/h1-8H,9-10H2,(H,21,22). The van der Waals surface area contributed by atoms with E-state index in [9.17, 15) is 9.90 Å². The first-order valence-corrected chi connectivity index (χ1v) is 7.51. The molecule has 0 saturated heterocycles. The van der Waals surface area contributed by atoms with Crippen LogP contribution in [0.15, 0.2) is 48.0 Å². The number of carbonyl (C=O) groups is 1. The largest absolute Gasteiger partial charge is 0.478 e. The van der Waals surface area contributed by atoms with Gasteiger partial charge in [0.2, 0.25) is 0 Å². The van der Waals surface area contributed by atoms with Gasteiger partial charge in [-0.1, -0.05) is 35.3 Å². The van der Waals surface area contributed by atoms with Gasteiger partial charge in [0.05, 0.1) is 12.1 Å². The van der Waals surface area contributed by atoms with Crippen LogP contribution in [0.3, 0.4) is 0 Å². The van der Waals surface area contributed by atoms with E-state index < -0.39 is 5.97 Å². The topological polar surface area (TPSA) is 40.5 Å². The number of carboxylic acids is 1. The highest BCUT2D eigenvalue weighted by Crippen LogP contribution is 2.32. The Labute approximate surface area is 138 Å². The Balaban J connectivity index is 1.96. The average molecular weight is 334 g/mol. The van der Waals surface area contributed by atoms with Crippen molar-refractivity contribution in [3.63, 3.8) is 0 Å². The van der Waals surface area contributed by atoms with Gasteiger partial charge in [0.15, 0.2) is 0 Å². The van der Waals surface area contributed by atoms with Gasteiger partial charge >= 0.3 is 5.97 Å². The first kappa shape index (κ1) is 14.9. The number of aliphatic carboxylic acids is 1. The van der Waals surface area contributed by atoms with Crippen molar-refractivity contribution in [2.24, 2.45) is 0 Å². The number of rotatable bonds is 3. The molecule has 0 radical (unpaired) electrons. The minimum absolute atomic E-state index is 0.351. The van der Waals surface area contributed by atoms with Gasteiger partial charge in [0.25, 0.3) is 0 Å². The van der Waals surface area contributed by atoms with E-state index in [0.29, 0.717) is 28.7 Å². The minimum Gasteiger partial charge on any atom is -0.478 e. The summed E-state index contributed by atoms with van der Waals surface area (Å²) in [6, 6.07) is 13.1. The number of nitrogens with zero attached hydrogens (tertiary/aromatic N) is 1. The molecular weight excluding hydrogens is 321 g/mol. The summed E-state index contributed by atoms with van der Waals surface area (Å²) < 4.78 is 0. The van der Waals surface area contributed by atoms with E-state index in [-0.39, 0.29) is 0 Å². The maximum absolute atomic E-state index is 11.3. The van der Waals surface area contributed by atoms with Gasteiger partial charge in [-0.15, -0.1) is 0 Å². The maximum Gasteiger partial charge on any atom is 0.333 e. The number of fused-ring (bicyclic) bond motifs is 1. The Bertz CT molecular complexity index is 754. The van der Waals surface area contributed by atoms with Crippen LogP contribution in [0.25, 0.3) is 6.08 Å². The molecule has 0 aromatic heterocycles. The van der Waals surface area contributed by atoms with Gasteiger partial charge in [0.1, 0.15) is 0 Å². The SMILES string of the molecule is O=C(O)C1=Cc2cc(Cl)ccc2N(Cc2ccc(Cl)cc2)C1. The van der Waals surface area contributed by atoms with Gasteiger partial charge in [-0.3, -0.25) is 0 Å². The van der Waals surface area contributed by atoms with Crippen LogP contribution in [0.4, 0.5) is 5.69 Å². The lowest BCUT2D eigenvalue weighted by atomic mass is 10.0. The van der Waals surface area contributed by atoms with Crippen LogP contribution in [0.2, 0.25) is 10.0 Å². The fourth-order valence-electron chi connectivity index (χ4n) is 2.53. The monoisotopic (exact) mass is 333 g/mol. The predicted octanol–water partition coefficient (Wildman–Crippen LogP) is 4.48. The van der Waals surface area contributed by atoms with E-state index in [0.717, 1.165) is 16.8 Å². The molecule has 3 nitrogen and oxygen atoms in total. The van der Waals surface area contributed by atoms with Gasteiger partial charge in [-0.05, 0) is 47.5 Å². The highest BCUT2D eigenvalue weighted by molar-refractivity contribution is 6.31. The smallest absolute Gasteiger partial charge is 0.333 e. The summed E-state index contributed by atoms with van der Waals surface area (Å²) >= 11 is 11.9. The molecule has 1 aliphatic heterocycles. The molecule has 1 heterocycles. The van der Waals surface area contributed by atoms with E-state index in [1.807, 2.05) is 41.3 Å². The van der Waals surface area contributed by atoms with Crippen LogP contribution < -0.4 is 4.90 Å². The van der Waals surface area contributed by atoms with Crippen molar-refractivity contribution in [2.75, 3.05) is 11.4 Å². The predicted molar refractivity (Wildman–Crippen MR) is 89.6 cm³/mol. The molecule has 1 N–H and O–H groups in total. The molecule has 0 unspecified atom stereocenters. The third kappa shape index (κ3) is 3.11. The van der Waals surface area contributed by atoms with E-state index in [1.165, 1.54) is 0 Å². The fraction of sp³-hybridized carbons (Fsp3) is 0.118. The Morgan fingerprint density at radius 1 is 1.09 bits per heavy atom. The van der Waals surface area contributed by atoms with E-state index in [4.69, 9.17) is 23.2 Å². The van der Waals surface area contributed by atoms with Crippen molar-refractivity contribution >= 4 is 40.9 Å². The van der Waals surface area contributed by atoms with Crippen LogP contribution in [0, 0.1) is 0 Å². The molecule has 0 bridgehead atoms. The van der Waals surface area contributed by atoms with Crippen LogP contribution in [0.1, 0.15) is 11.1 Å². The molecule has 112 valence electrons. The molecule has 22 heavy (non-hydrogen) atoms. The second-order valence-electron chi connectivity index (χ2n) is 5.16.